The number of hydrogen-bond acceptors (Lipinski definition) is 3. The Hall–Kier alpha value is -1.94. The van der Waals surface area contributed by atoms with Crippen LogP contribution in [0.1, 0.15) is 0 Å². The summed E-state index contributed by atoms with van der Waals surface area (Å²) < 4.78 is 1.97. The number of halogens is 1. The molecule has 0 spiro atoms. The van der Waals surface area contributed by atoms with E-state index in [-0.39, 0.29) is 5.28 Å². The van der Waals surface area contributed by atoms with Gasteiger partial charge in [0.25, 0.3) is 0 Å². The van der Waals surface area contributed by atoms with Gasteiger partial charge in [-0.25, -0.2) is 15.0 Å². The van der Waals surface area contributed by atoms with E-state index in [0.29, 0.717) is 0 Å². The molecule has 17 heavy (non-hydrogen) atoms. The first-order valence-corrected chi connectivity index (χ1v) is 5.52. The molecule has 2 aromatic heterocycles. The van der Waals surface area contributed by atoms with Crippen LogP contribution in [0.15, 0.2) is 36.8 Å². The molecule has 0 aliphatic rings. The van der Waals surface area contributed by atoms with E-state index in [2.05, 4.69) is 15.0 Å². The van der Waals surface area contributed by atoms with Gasteiger partial charge < -0.3 is 4.57 Å². The Morgan fingerprint density at radius 2 is 2.06 bits per heavy atom. The molecule has 3 aromatic rings. The Morgan fingerprint density at radius 3 is 2.88 bits per heavy atom. The normalized spacial score (nSPS) is 10.9. The lowest BCUT2D eigenvalue weighted by atomic mass is 10.1. The maximum absolute atomic E-state index is 5.78. The fourth-order valence-electron chi connectivity index (χ4n) is 1.78. The standard InChI is InChI=1S/C12H9ClN4/c1-17-7-15-10-3-2-8(6-11(10)17)9-4-5-14-12(13)16-9/h2-7H,1H3. The van der Waals surface area contributed by atoms with Crippen molar-refractivity contribution in [2.45, 2.75) is 0 Å². The lowest BCUT2D eigenvalue weighted by Gasteiger charge is -2.01. The van der Waals surface area contributed by atoms with E-state index < -0.39 is 0 Å². The van der Waals surface area contributed by atoms with Gasteiger partial charge in [-0.1, -0.05) is 6.07 Å². The van der Waals surface area contributed by atoms with Gasteiger partial charge >= 0.3 is 0 Å². The van der Waals surface area contributed by atoms with E-state index in [0.717, 1.165) is 22.3 Å². The maximum atomic E-state index is 5.78. The van der Waals surface area contributed by atoms with Crippen molar-refractivity contribution in [1.82, 2.24) is 19.5 Å². The summed E-state index contributed by atoms with van der Waals surface area (Å²) in [5.74, 6) is 0. The van der Waals surface area contributed by atoms with Gasteiger partial charge in [0.1, 0.15) is 0 Å². The third-order valence-electron chi connectivity index (χ3n) is 2.65. The average molecular weight is 245 g/mol. The minimum absolute atomic E-state index is 0.257. The van der Waals surface area contributed by atoms with E-state index >= 15 is 0 Å². The van der Waals surface area contributed by atoms with E-state index in [4.69, 9.17) is 11.6 Å². The van der Waals surface area contributed by atoms with Crippen LogP contribution < -0.4 is 0 Å². The van der Waals surface area contributed by atoms with Crippen LogP contribution in [0, 0.1) is 0 Å². The van der Waals surface area contributed by atoms with Gasteiger partial charge in [0.15, 0.2) is 0 Å². The second-order valence-electron chi connectivity index (χ2n) is 3.77. The second kappa shape index (κ2) is 3.82. The van der Waals surface area contributed by atoms with Crippen molar-refractivity contribution in [1.29, 1.82) is 0 Å². The van der Waals surface area contributed by atoms with Crippen LogP contribution in [-0.2, 0) is 7.05 Å². The van der Waals surface area contributed by atoms with Crippen molar-refractivity contribution < 1.29 is 0 Å². The maximum Gasteiger partial charge on any atom is 0.222 e. The highest BCUT2D eigenvalue weighted by Gasteiger charge is 2.04. The van der Waals surface area contributed by atoms with Gasteiger partial charge in [0.05, 0.1) is 23.1 Å². The minimum atomic E-state index is 0.257. The monoisotopic (exact) mass is 244 g/mol. The Balaban J connectivity index is 2.20. The molecule has 1 aromatic carbocycles. The van der Waals surface area contributed by atoms with Gasteiger partial charge in [-0.05, 0) is 29.8 Å². The first kappa shape index (κ1) is 10.2. The SMILES string of the molecule is Cn1cnc2ccc(-c3ccnc(Cl)n3)cc21. The molecule has 0 aliphatic carbocycles. The molecule has 5 heteroatoms. The molecule has 0 saturated carbocycles. The molecule has 4 nitrogen and oxygen atoms in total. The smallest absolute Gasteiger partial charge is 0.222 e. The molecule has 2 heterocycles. The number of fused-ring (bicyclic) bond motifs is 1. The van der Waals surface area contributed by atoms with E-state index in [1.165, 1.54) is 0 Å². The van der Waals surface area contributed by atoms with Crippen LogP contribution in [0.3, 0.4) is 0 Å². The van der Waals surface area contributed by atoms with E-state index in [9.17, 15) is 0 Å². The largest absolute Gasteiger partial charge is 0.334 e. The lowest BCUT2D eigenvalue weighted by Crippen LogP contribution is -1.88. The molecule has 84 valence electrons. The topological polar surface area (TPSA) is 43.6 Å². The summed E-state index contributed by atoms with van der Waals surface area (Å²) in [5.41, 5.74) is 3.85. The van der Waals surface area contributed by atoms with Gasteiger partial charge in [-0.2, -0.15) is 0 Å². The molecule has 0 radical (unpaired) electrons. The van der Waals surface area contributed by atoms with Gasteiger partial charge in [0.2, 0.25) is 5.28 Å². The summed E-state index contributed by atoms with van der Waals surface area (Å²) in [6, 6.07) is 7.83. The summed E-state index contributed by atoms with van der Waals surface area (Å²) >= 11 is 5.78. The van der Waals surface area contributed by atoms with Gasteiger partial charge in [0, 0.05) is 18.8 Å². The van der Waals surface area contributed by atoms with Crippen LogP contribution in [-0.4, -0.2) is 19.5 Å². The van der Waals surface area contributed by atoms with Crippen molar-refractivity contribution in [3.05, 3.63) is 42.1 Å². The van der Waals surface area contributed by atoms with Crippen LogP contribution in [0.2, 0.25) is 5.28 Å². The van der Waals surface area contributed by atoms with Crippen molar-refractivity contribution in [3.63, 3.8) is 0 Å². The molecule has 0 atom stereocenters. The predicted molar refractivity (Wildman–Crippen MR) is 66.8 cm³/mol. The summed E-state index contributed by atoms with van der Waals surface area (Å²) in [6.45, 7) is 0. The van der Waals surface area contributed by atoms with Crippen molar-refractivity contribution in [2.24, 2.45) is 7.05 Å². The van der Waals surface area contributed by atoms with Gasteiger partial charge in [-0.3, -0.25) is 0 Å². The summed E-state index contributed by atoms with van der Waals surface area (Å²) in [7, 11) is 1.96. The van der Waals surface area contributed by atoms with Crippen LogP contribution in [0.4, 0.5) is 0 Å². The minimum Gasteiger partial charge on any atom is -0.334 e. The number of nitrogens with zero attached hydrogens (tertiary/aromatic N) is 4. The highest BCUT2D eigenvalue weighted by molar-refractivity contribution is 6.28. The summed E-state index contributed by atoms with van der Waals surface area (Å²) in [5, 5.41) is 0.257. The molecule has 3 rings (SSSR count). The first-order valence-electron chi connectivity index (χ1n) is 5.14. The zero-order chi connectivity index (χ0) is 11.8. The number of imidazole rings is 1. The molecule has 0 N–H and O–H groups in total. The van der Waals surface area contributed by atoms with E-state index in [1.807, 2.05) is 35.9 Å². The molecule has 0 unspecified atom stereocenters. The predicted octanol–water partition coefficient (Wildman–Crippen LogP) is 2.68. The second-order valence-corrected chi connectivity index (χ2v) is 4.11. The van der Waals surface area contributed by atoms with Gasteiger partial charge in [-0.15, -0.1) is 0 Å². The first-order chi connectivity index (χ1) is 8.24. The van der Waals surface area contributed by atoms with Crippen molar-refractivity contribution in [3.8, 4) is 11.3 Å². The lowest BCUT2D eigenvalue weighted by molar-refractivity contribution is 0.948. The van der Waals surface area contributed by atoms with Crippen molar-refractivity contribution in [2.75, 3.05) is 0 Å². The number of aromatic nitrogens is 4. The number of aryl methyl sites for hydroxylation is 1. The molecule has 0 aliphatic heterocycles. The third kappa shape index (κ3) is 1.76. The Bertz CT molecular complexity index is 690. The highest BCUT2D eigenvalue weighted by Crippen LogP contribution is 2.22. The van der Waals surface area contributed by atoms with Crippen LogP contribution in [0.25, 0.3) is 22.3 Å². The Morgan fingerprint density at radius 1 is 1.18 bits per heavy atom. The average Bonchev–Trinajstić information content (AvgIpc) is 2.71. The molecule has 0 bridgehead atoms. The quantitative estimate of drug-likeness (QED) is 0.618. The zero-order valence-electron chi connectivity index (χ0n) is 9.13. The summed E-state index contributed by atoms with van der Waals surface area (Å²) in [4.78, 5) is 12.3. The Kier molecular flexibility index (Phi) is 2.30. The molecular formula is C12H9ClN4. The fourth-order valence-corrected chi connectivity index (χ4v) is 1.93. The zero-order valence-corrected chi connectivity index (χ0v) is 9.89. The van der Waals surface area contributed by atoms with Crippen molar-refractivity contribution >= 4 is 22.6 Å². The number of hydrogen-bond donors (Lipinski definition) is 0. The molecule has 0 fully saturated rings. The highest BCUT2D eigenvalue weighted by atomic mass is 35.5. The number of rotatable bonds is 1. The third-order valence-corrected chi connectivity index (χ3v) is 2.83. The van der Waals surface area contributed by atoms with E-state index in [1.54, 1.807) is 12.5 Å². The molecular weight excluding hydrogens is 236 g/mol. The Labute approximate surface area is 103 Å². The fraction of sp³-hybridized carbons (Fsp3) is 0.0833. The van der Waals surface area contributed by atoms with Crippen LogP contribution >= 0.6 is 11.6 Å². The molecule has 0 amide bonds. The number of benzene rings is 1. The molecule has 0 saturated heterocycles. The van der Waals surface area contributed by atoms with Crippen LogP contribution in [0.5, 0.6) is 0 Å². The summed E-state index contributed by atoms with van der Waals surface area (Å²) in [6.07, 6.45) is 3.44.